The number of aliphatic hydroxyl groups excluding tert-OH is 1. The molecule has 2 nitrogen and oxygen atoms in total. The Hall–Kier alpha value is -1.08. The average molecular weight is 224 g/mol. The van der Waals surface area contributed by atoms with Crippen LogP contribution in [0.15, 0.2) is 18.2 Å². The molecule has 2 rings (SSSR count). The number of fused-ring (bicyclic) bond motifs is 1. The summed E-state index contributed by atoms with van der Waals surface area (Å²) in [6.07, 6.45) is 0. The van der Waals surface area contributed by atoms with Crippen LogP contribution in [-0.2, 0) is 6.61 Å². The summed E-state index contributed by atoms with van der Waals surface area (Å²) in [5.74, 6) is 0. The van der Waals surface area contributed by atoms with Gasteiger partial charge in [0.1, 0.15) is 10.9 Å². The number of benzene rings is 1. The highest BCUT2D eigenvalue weighted by Crippen LogP contribution is 2.31. The minimum atomic E-state index is -0.0569. The van der Waals surface area contributed by atoms with Gasteiger partial charge in [-0.25, -0.2) is 0 Å². The molecule has 0 amide bonds. The quantitative estimate of drug-likeness (QED) is 0.808. The highest BCUT2D eigenvalue weighted by atomic mass is 35.5. The van der Waals surface area contributed by atoms with E-state index >= 15 is 0 Å². The molecule has 1 heterocycles. The summed E-state index contributed by atoms with van der Waals surface area (Å²) in [7, 11) is 0. The van der Waals surface area contributed by atoms with Crippen LogP contribution in [0.3, 0.4) is 0 Å². The van der Waals surface area contributed by atoms with Crippen LogP contribution in [0.1, 0.15) is 10.4 Å². The standard InChI is InChI=1S/C10H6ClNOS/c11-7-1-6(5-13)9-3-8(4-12)14-10(9)2-7/h1-3,13H,5H2. The Kier molecular flexibility index (Phi) is 2.42. The number of rotatable bonds is 1. The largest absolute Gasteiger partial charge is 0.392 e. The van der Waals surface area contributed by atoms with Gasteiger partial charge in [-0.05, 0) is 29.1 Å². The number of hydrogen-bond acceptors (Lipinski definition) is 3. The molecule has 2 aromatic rings. The molecule has 0 unspecified atom stereocenters. The fraction of sp³-hybridized carbons (Fsp3) is 0.100. The Bertz CT molecular complexity index is 527. The van der Waals surface area contributed by atoms with Gasteiger partial charge in [0, 0.05) is 9.72 Å². The maximum atomic E-state index is 9.11. The number of thiophene rings is 1. The molecule has 0 saturated heterocycles. The number of nitriles is 1. The van der Waals surface area contributed by atoms with E-state index in [-0.39, 0.29) is 6.61 Å². The highest BCUT2D eigenvalue weighted by molar-refractivity contribution is 7.19. The topological polar surface area (TPSA) is 44.0 Å². The molecule has 0 aliphatic heterocycles. The molecule has 4 heteroatoms. The third-order valence-electron chi connectivity index (χ3n) is 1.97. The van der Waals surface area contributed by atoms with Crippen molar-refractivity contribution >= 4 is 33.0 Å². The van der Waals surface area contributed by atoms with Crippen molar-refractivity contribution in [3.63, 3.8) is 0 Å². The smallest absolute Gasteiger partial charge is 0.110 e. The molecule has 0 aliphatic carbocycles. The summed E-state index contributed by atoms with van der Waals surface area (Å²) in [5, 5.41) is 19.3. The zero-order chi connectivity index (χ0) is 10.1. The van der Waals surface area contributed by atoms with Crippen LogP contribution in [-0.4, -0.2) is 5.11 Å². The summed E-state index contributed by atoms with van der Waals surface area (Å²) in [6.45, 7) is -0.0569. The first-order valence-corrected chi connectivity index (χ1v) is 5.17. The fourth-order valence-electron chi connectivity index (χ4n) is 1.36. The molecule has 0 saturated carbocycles. The van der Waals surface area contributed by atoms with Crippen LogP contribution in [0.5, 0.6) is 0 Å². The van der Waals surface area contributed by atoms with Crippen molar-refractivity contribution < 1.29 is 5.11 Å². The van der Waals surface area contributed by atoms with E-state index in [1.807, 2.05) is 6.07 Å². The van der Waals surface area contributed by atoms with Gasteiger partial charge < -0.3 is 5.11 Å². The second-order valence-corrected chi connectivity index (χ2v) is 4.38. The van der Waals surface area contributed by atoms with Gasteiger partial charge in [-0.1, -0.05) is 11.6 Å². The molecule has 0 spiro atoms. The highest BCUT2D eigenvalue weighted by Gasteiger charge is 2.06. The second-order valence-electron chi connectivity index (χ2n) is 2.86. The predicted molar refractivity (Wildman–Crippen MR) is 57.5 cm³/mol. The van der Waals surface area contributed by atoms with E-state index in [0.717, 1.165) is 15.6 Å². The minimum Gasteiger partial charge on any atom is -0.392 e. The lowest BCUT2D eigenvalue weighted by Gasteiger charge is -1.99. The fourth-order valence-corrected chi connectivity index (χ4v) is 2.61. The van der Waals surface area contributed by atoms with Crippen LogP contribution >= 0.6 is 22.9 Å². The van der Waals surface area contributed by atoms with Gasteiger partial charge in [-0.2, -0.15) is 5.26 Å². The number of aliphatic hydroxyl groups is 1. The third-order valence-corrected chi connectivity index (χ3v) is 3.17. The summed E-state index contributed by atoms with van der Waals surface area (Å²) in [6, 6.07) is 7.39. The van der Waals surface area contributed by atoms with E-state index in [4.69, 9.17) is 22.0 Å². The SMILES string of the molecule is N#Cc1cc2c(CO)cc(Cl)cc2s1. The molecule has 0 fully saturated rings. The molecule has 1 aromatic carbocycles. The van der Waals surface area contributed by atoms with Gasteiger partial charge in [-0.3, -0.25) is 0 Å². The lowest BCUT2D eigenvalue weighted by molar-refractivity contribution is 0.283. The van der Waals surface area contributed by atoms with Gasteiger partial charge in [0.25, 0.3) is 0 Å². The van der Waals surface area contributed by atoms with Crippen molar-refractivity contribution in [2.75, 3.05) is 0 Å². The van der Waals surface area contributed by atoms with Crippen LogP contribution < -0.4 is 0 Å². The Labute approximate surface area is 90.0 Å². The molecule has 14 heavy (non-hydrogen) atoms. The Morgan fingerprint density at radius 3 is 2.86 bits per heavy atom. The van der Waals surface area contributed by atoms with Crippen molar-refractivity contribution in [1.82, 2.24) is 0 Å². The molecule has 1 N–H and O–H groups in total. The molecular weight excluding hydrogens is 218 g/mol. The van der Waals surface area contributed by atoms with Crippen molar-refractivity contribution in [1.29, 1.82) is 5.26 Å². The predicted octanol–water partition coefficient (Wildman–Crippen LogP) is 2.92. The number of nitrogens with zero attached hydrogens (tertiary/aromatic N) is 1. The zero-order valence-corrected chi connectivity index (χ0v) is 8.69. The van der Waals surface area contributed by atoms with E-state index < -0.39 is 0 Å². The number of hydrogen-bond donors (Lipinski definition) is 1. The van der Waals surface area contributed by atoms with Crippen LogP contribution in [0.4, 0.5) is 0 Å². The third kappa shape index (κ3) is 1.48. The summed E-state index contributed by atoms with van der Waals surface area (Å²) in [4.78, 5) is 0.636. The molecule has 0 aliphatic rings. The Balaban J connectivity index is 2.79. The van der Waals surface area contributed by atoms with Crippen molar-refractivity contribution in [2.45, 2.75) is 6.61 Å². The van der Waals surface area contributed by atoms with Gasteiger partial charge in [0.15, 0.2) is 0 Å². The minimum absolute atomic E-state index is 0.0569. The van der Waals surface area contributed by atoms with E-state index in [9.17, 15) is 0 Å². The van der Waals surface area contributed by atoms with Gasteiger partial charge in [0.2, 0.25) is 0 Å². The van der Waals surface area contributed by atoms with Gasteiger partial charge in [-0.15, -0.1) is 11.3 Å². The maximum absolute atomic E-state index is 9.11. The normalized spacial score (nSPS) is 10.4. The van der Waals surface area contributed by atoms with Gasteiger partial charge in [0.05, 0.1) is 6.61 Å². The summed E-state index contributed by atoms with van der Waals surface area (Å²) < 4.78 is 0.943. The summed E-state index contributed by atoms with van der Waals surface area (Å²) >= 11 is 7.25. The molecule has 0 atom stereocenters. The van der Waals surface area contributed by atoms with Crippen molar-refractivity contribution in [2.24, 2.45) is 0 Å². The maximum Gasteiger partial charge on any atom is 0.110 e. The van der Waals surface area contributed by atoms with E-state index in [1.165, 1.54) is 11.3 Å². The van der Waals surface area contributed by atoms with E-state index in [2.05, 4.69) is 6.07 Å². The van der Waals surface area contributed by atoms with E-state index in [1.54, 1.807) is 12.1 Å². The first-order chi connectivity index (χ1) is 6.74. The average Bonchev–Trinajstić information content (AvgIpc) is 2.59. The van der Waals surface area contributed by atoms with Crippen LogP contribution in [0.2, 0.25) is 5.02 Å². The molecule has 0 radical (unpaired) electrons. The first-order valence-electron chi connectivity index (χ1n) is 3.97. The molecule has 1 aromatic heterocycles. The number of halogens is 1. The monoisotopic (exact) mass is 223 g/mol. The first kappa shape index (κ1) is 9.47. The Morgan fingerprint density at radius 1 is 1.43 bits per heavy atom. The van der Waals surface area contributed by atoms with Crippen molar-refractivity contribution in [3.05, 3.63) is 33.7 Å². The summed E-state index contributed by atoms with van der Waals surface area (Å²) in [5.41, 5.74) is 0.769. The van der Waals surface area contributed by atoms with Gasteiger partial charge >= 0.3 is 0 Å². The lowest BCUT2D eigenvalue weighted by atomic mass is 10.1. The molecule has 70 valence electrons. The van der Waals surface area contributed by atoms with Crippen LogP contribution in [0, 0.1) is 11.3 Å². The van der Waals surface area contributed by atoms with Crippen molar-refractivity contribution in [3.8, 4) is 6.07 Å². The van der Waals surface area contributed by atoms with E-state index in [0.29, 0.717) is 9.90 Å². The lowest BCUT2D eigenvalue weighted by Crippen LogP contribution is -1.82. The molecular formula is C10H6ClNOS. The zero-order valence-electron chi connectivity index (χ0n) is 7.12. The molecule has 0 bridgehead atoms. The second kappa shape index (κ2) is 3.58. The Morgan fingerprint density at radius 2 is 2.21 bits per heavy atom. The van der Waals surface area contributed by atoms with Crippen LogP contribution in [0.25, 0.3) is 10.1 Å².